The third-order valence-electron chi connectivity index (χ3n) is 1.46. The van der Waals surface area contributed by atoms with E-state index in [4.69, 9.17) is 0 Å². The van der Waals surface area contributed by atoms with Crippen LogP contribution in [0.2, 0.25) is 0 Å². The molecule has 0 aromatic heterocycles. The van der Waals surface area contributed by atoms with E-state index in [1.54, 1.807) is 25.8 Å². The summed E-state index contributed by atoms with van der Waals surface area (Å²) in [5.74, 6) is 0. The molecule has 0 saturated heterocycles. The van der Waals surface area contributed by atoms with Gasteiger partial charge in [-0.3, -0.25) is 0 Å². The number of carbonyl (C=O) groups is 1. The van der Waals surface area contributed by atoms with E-state index in [1.165, 1.54) is 0 Å². The van der Waals surface area contributed by atoms with Gasteiger partial charge >= 0.3 is 6.03 Å². The summed E-state index contributed by atoms with van der Waals surface area (Å²) in [4.78, 5) is 12.7. The molecule has 0 heterocycles. The number of aliphatic hydroxyl groups is 1. The summed E-state index contributed by atoms with van der Waals surface area (Å²) >= 11 is 0. The minimum absolute atomic E-state index is 0.153. The van der Waals surface area contributed by atoms with Gasteiger partial charge in [0.15, 0.2) is 0 Å². The molecule has 0 aromatic rings. The largest absolute Gasteiger partial charge is 0.389 e. The second kappa shape index (κ2) is 4.30. The van der Waals surface area contributed by atoms with Gasteiger partial charge in [0.25, 0.3) is 0 Å². The van der Waals surface area contributed by atoms with Crippen molar-refractivity contribution in [2.24, 2.45) is 0 Å². The summed E-state index contributed by atoms with van der Waals surface area (Å²) in [6.07, 6.45) is 0. The van der Waals surface area contributed by atoms with Gasteiger partial charge in [-0.15, -0.1) is 0 Å². The number of urea groups is 1. The number of rotatable bonds is 3. The number of nitrogens with one attached hydrogen (secondary N) is 1. The molecule has 12 heavy (non-hydrogen) atoms. The highest BCUT2D eigenvalue weighted by molar-refractivity contribution is 5.73. The Kier molecular flexibility index (Phi) is 4.03. The van der Waals surface area contributed by atoms with Crippen LogP contribution < -0.4 is 5.32 Å². The van der Waals surface area contributed by atoms with E-state index >= 15 is 0 Å². The Bertz CT molecular complexity index is 152. The maximum absolute atomic E-state index is 11.1. The van der Waals surface area contributed by atoms with E-state index in [1.807, 2.05) is 6.92 Å². The fourth-order valence-corrected chi connectivity index (χ4v) is 0.952. The molecule has 4 heteroatoms. The number of likely N-dealkylation sites (N-methyl/N-ethyl adjacent to an activating group) is 1. The first-order chi connectivity index (χ1) is 5.40. The summed E-state index contributed by atoms with van der Waals surface area (Å²) in [5, 5.41) is 12.0. The van der Waals surface area contributed by atoms with Crippen LogP contribution in [0.1, 0.15) is 20.8 Å². The standard InChI is InChI=1S/C8H18N2O2/c1-5-10(7(11)9-4)6-8(2,3)12/h12H,5-6H2,1-4H3,(H,9,11). The molecule has 0 aliphatic carbocycles. The van der Waals surface area contributed by atoms with Crippen LogP contribution in [0.4, 0.5) is 4.79 Å². The second-order valence-electron chi connectivity index (χ2n) is 3.38. The van der Waals surface area contributed by atoms with Crippen molar-refractivity contribution in [3.05, 3.63) is 0 Å². The van der Waals surface area contributed by atoms with Crippen LogP contribution in [0, 0.1) is 0 Å². The van der Waals surface area contributed by atoms with Crippen molar-refractivity contribution in [3.8, 4) is 0 Å². The van der Waals surface area contributed by atoms with Crippen molar-refractivity contribution in [3.63, 3.8) is 0 Å². The molecule has 0 atom stereocenters. The van der Waals surface area contributed by atoms with E-state index in [0.717, 1.165) is 0 Å². The molecule has 0 aliphatic rings. The number of nitrogens with zero attached hydrogens (tertiary/aromatic N) is 1. The van der Waals surface area contributed by atoms with Gasteiger partial charge in [-0.05, 0) is 20.8 Å². The SMILES string of the molecule is CCN(CC(C)(C)O)C(=O)NC. The van der Waals surface area contributed by atoms with Gasteiger partial charge < -0.3 is 15.3 Å². The minimum atomic E-state index is -0.831. The van der Waals surface area contributed by atoms with Gasteiger partial charge in [0.1, 0.15) is 0 Å². The molecule has 4 nitrogen and oxygen atoms in total. The average Bonchev–Trinajstić information content (AvgIpc) is 1.97. The predicted octanol–water partition coefficient (Wildman–Crippen LogP) is 0.419. The molecule has 0 bridgehead atoms. The molecule has 0 aromatic carbocycles. The van der Waals surface area contributed by atoms with Crippen LogP contribution in [0.15, 0.2) is 0 Å². The normalized spacial score (nSPS) is 11.1. The van der Waals surface area contributed by atoms with E-state index in [-0.39, 0.29) is 6.03 Å². The van der Waals surface area contributed by atoms with Gasteiger partial charge in [0.05, 0.1) is 12.1 Å². The number of amides is 2. The molecule has 0 spiro atoms. The first-order valence-electron chi connectivity index (χ1n) is 4.09. The molecule has 0 radical (unpaired) electrons. The summed E-state index contributed by atoms with van der Waals surface area (Å²) in [5.41, 5.74) is -0.831. The van der Waals surface area contributed by atoms with Crippen LogP contribution in [0.25, 0.3) is 0 Å². The van der Waals surface area contributed by atoms with Crippen LogP contribution >= 0.6 is 0 Å². The van der Waals surface area contributed by atoms with Crippen LogP contribution in [-0.2, 0) is 0 Å². The van der Waals surface area contributed by atoms with Gasteiger partial charge in [-0.2, -0.15) is 0 Å². The maximum atomic E-state index is 11.1. The molecule has 0 aliphatic heterocycles. The molecule has 72 valence electrons. The van der Waals surface area contributed by atoms with Crippen molar-refractivity contribution in [2.45, 2.75) is 26.4 Å². The first kappa shape index (κ1) is 11.2. The van der Waals surface area contributed by atoms with Gasteiger partial charge in [0, 0.05) is 13.6 Å². The Morgan fingerprint density at radius 2 is 2.08 bits per heavy atom. The highest BCUT2D eigenvalue weighted by Crippen LogP contribution is 2.04. The first-order valence-corrected chi connectivity index (χ1v) is 4.09. The number of hydrogen-bond donors (Lipinski definition) is 2. The predicted molar refractivity (Wildman–Crippen MR) is 48.0 cm³/mol. The molecule has 0 saturated carbocycles. The lowest BCUT2D eigenvalue weighted by Gasteiger charge is -2.27. The van der Waals surface area contributed by atoms with E-state index in [2.05, 4.69) is 5.32 Å². The minimum Gasteiger partial charge on any atom is -0.389 e. The molecule has 0 rings (SSSR count). The summed E-state index contributed by atoms with van der Waals surface area (Å²) < 4.78 is 0. The third kappa shape index (κ3) is 4.18. The highest BCUT2D eigenvalue weighted by atomic mass is 16.3. The van der Waals surface area contributed by atoms with E-state index < -0.39 is 5.60 Å². The lowest BCUT2D eigenvalue weighted by Crippen LogP contribution is -2.45. The average molecular weight is 174 g/mol. The zero-order valence-electron chi connectivity index (χ0n) is 8.22. The molecule has 0 fully saturated rings. The monoisotopic (exact) mass is 174 g/mol. The molecule has 2 amide bonds. The van der Waals surface area contributed by atoms with Crippen molar-refractivity contribution < 1.29 is 9.90 Å². The summed E-state index contributed by atoms with van der Waals surface area (Å²) in [7, 11) is 1.58. The smallest absolute Gasteiger partial charge is 0.317 e. The molecular formula is C8H18N2O2. The lowest BCUT2D eigenvalue weighted by molar-refractivity contribution is 0.0483. The van der Waals surface area contributed by atoms with Gasteiger partial charge in [-0.1, -0.05) is 0 Å². The molecule has 2 N–H and O–H groups in total. The fraction of sp³-hybridized carbons (Fsp3) is 0.875. The van der Waals surface area contributed by atoms with Gasteiger partial charge in [-0.25, -0.2) is 4.79 Å². The van der Waals surface area contributed by atoms with Crippen LogP contribution in [0.3, 0.4) is 0 Å². The van der Waals surface area contributed by atoms with E-state index in [0.29, 0.717) is 13.1 Å². The number of hydrogen-bond acceptors (Lipinski definition) is 2. The van der Waals surface area contributed by atoms with Crippen LogP contribution in [-0.4, -0.2) is 41.8 Å². The van der Waals surface area contributed by atoms with Crippen molar-refractivity contribution in [1.82, 2.24) is 10.2 Å². The Balaban J connectivity index is 4.09. The lowest BCUT2D eigenvalue weighted by atomic mass is 10.1. The van der Waals surface area contributed by atoms with Crippen LogP contribution in [0.5, 0.6) is 0 Å². The number of carbonyl (C=O) groups excluding carboxylic acids is 1. The van der Waals surface area contributed by atoms with Gasteiger partial charge in [0.2, 0.25) is 0 Å². The van der Waals surface area contributed by atoms with Crippen molar-refractivity contribution >= 4 is 6.03 Å². The summed E-state index contributed by atoms with van der Waals surface area (Å²) in [6.45, 7) is 6.19. The third-order valence-corrected chi connectivity index (χ3v) is 1.46. The van der Waals surface area contributed by atoms with Crippen molar-refractivity contribution in [2.75, 3.05) is 20.1 Å². The second-order valence-corrected chi connectivity index (χ2v) is 3.38. The quantitative estimate of drug-likeness (QED) is 0.651. The zero-order valence-corrected chi connectivity index (χ0v) is 8.22. The molecular weight excluding hydrogens is 156 g/mol. The molecule has 0 unspecified atom stereocenters. The Morgan fingerprint density at radius 1 is 1.58 bits per heavy atom. The Labute approximate surface area is 73.6 Å². The fourth-order valence-electron chi connectivity index (χ4n) is 0.952. The topological polar surface area (TPSA) is 52.6 Å². The maximum Gasteiger partial charge on any atom is 0.317 e. The van der Waals surface area contributed by atoms with E-state index in [9.17, 15) is 9.90 Å². The highest BCUT2D eigenvalue weighted by Gasteiger charge is 2.19. The Hall–Kier alpha value is -0.770. The summed E-state index contributed by atoms with van der Waals surface area (Å²) in [6, 6.07) is -0.153. The zero-order chi connectivity index (χ0) is 9.78. The van der Waals surface area contributed by atoms with Crippen molar-refractivity contribution in [1.29, 1.82) is 0 Å². The Morgan fingerprint density at radius 3 is 2.33 bits per heavy atom.